The lowest BCUT2D eigenvalue weighted by Crippen LogP contribution is -2.27. The summed E-state index contributed by atoms with van der Waals surface area (Å²) in [5, 5.41) is 0.329. The molecule has 0 aliphatic carbocycles. The van der Waals surface area contributed by atoms with Crippen molar-refractivity contribution in [2.45, 2.75) is 6.54 Å². The Bertz CT molecular complexity index is 804. The van der Waals surface area contributed by atoms with Crippen molar-refractivity contribution < 1.29 is 9.59 Å². The lowest BCUT2D eigenvalue weighted by atomic mass is 10.2. The molecule has 0 N–H and O–H groups in total. The normalized spacial score (nSPS) is 16.4. The fraction of sp³-hybridized carbons (Fsp3) is 0.0588. The average Bonchev–Trinajstić information content (AvgIpc) is 2.77. The number of carbonyl (C=O) groups excluding carboxylic acids is 2. The van der Waals surface area contributed by atoms with Gasteiger partial charge in [-0.3, -0.25) is 14.5 Å². The van der Waals surface area contributed by atoms with Crippen LogP contribution in [0.3, 0.4) is 0 Å². The summed E-state index contributed by atoms with van der Waals surface area (Å²) in [6, 6.07) is 14.9. The number of thioether (sulfide) groups is 1. The first kappa shape index (κ1) is 16.5. The summed E-state index contributed by atoms with van der Waals surface area (Å²) in [6.07, 6.45) is 1.75. The Morgan fingerprint density at radius 2 is 1.87 bits per heavy atom. The molecule has 1 heterocycles. The maximum absolute atomic E-state index is 12.5. The van der Waals surface area contributed by atoms with Crippen LogP contribution in [-0.4, -0.2) is 16.0 Å². The maximum atomic E-state index is 12.5. The van der Waals surface area contributed by atoms with Crippen molar-refractivity contribution >= 4 is 63.2 Å². The minimum absolute atomic E-state index is 0.231. The standard InChI is InChI=1S/C17H11ClINO2S/c18-13-3-1-2-12(8-13)10-20-16(21)15(23-17(20)22)9-11-4-6-14(19)7-5-11/h1-9H,10H2/b15-9-. The van der Waals surface area contributed by atoms with E-state index < -0.39 is 0 Å². The molecule has 1 aliphatic heterocycles. The first-order valence-corrected chi connectivity index (χ1v) is 9.05. The van der Waals surface area contributed by atoms with Crippen molar-refractivity contribution in [1.29, 1.82) is 0 Å². The van der Waals surface area contributed by atoms with Crippen LogP contribution in [0.4, 0.5) is 4.79 Å². The van der Waals surface area contributed by atoms with Crippen LogP contribution in [0.1, 0.15) is 11.1 Å². The first-order valence-electron chi connectivity index (χ1n) is 6.78. The van der Waals surface area contributed by atoms with Gasteiger partial charge in [0.05, 0.1) is 11.4 Å². The zero-order chi connectivity index (χ0) is 16.4. The second-order valence-corrected chi connectivity index (χ2v) is 7.62. The number of amides is 2. The van der Waals surface area contributed by atoms with Crippen LogP contribution in [-0.2, 0) is 11.3 Å². The van der Waals surface area contributed by atoms with E-state index in [4.69, 9.17) is 11.6 Å². The van der Waals surface area contributed by atoms with Gasteiger partial charge in [-0.1, -0.05) is 35.9 Å². The van der Waals surface area contributed by atoms with Gasteiger partial charge in [0.25, 0.3) is 11.1 Å². The Hall–Kier alpha value is -1.31. The molecule has 1 saturated heterocycles. The second-order valence-electron chi connectivity index (χ2n) is 4.95. The van der Waals surface area contributed by atoms with Gasteiger partial charge >= 0.3 is 0 Å². The highest BCUT2D eigenvalue weighted by atomic mass is 127. The molecule has 2 aromatic rings. The molecule has 23 heavy (non-hydrogen) atoms. The van der Waals surface area contributed by atoms with E-state index in [-0.39, 0.29) is 17.7 Å². The molecule has 0 unspecified atom stereocenters. The molecule has 2 aromatic carbocycles. The monoisotopic (exact) mass is 455 g/mol. The van der Waals surface area contributed by atoms with Gasteiger partial charge in [0.2, 0.25) is 0 Å². The third-order valence-electron chi connectivity index (χ3n) is 3.27. The predicted octanol–water partition coefficient (Wildman–Crippen LogP) is 5.18. The zero-order valence-electron chi connectivity index (χ0n) is 11.8. The van der Waals surface area contributed by atoms with Gasteiger partial charge < -0.3 is 0 Å². The van der Waals surface area contributed by atoms with E-state index in [0.29, 0.717) is 9.93 Å². The molecule has 0 atom stereocenters. The maximum Gasteiger partial charge on any atom is 0.293 e. The topological polar surface area (TPSA) is 37.4 Å². The largest absolute Gasteiger partial charge is 0.293 e. The fourth-order valence-corrected chi connectivity index (χ4v) is 3.58. The SMILES string of the molecule is O=C1S/C(=C\c2ccc(I)cc2)C(=O)N1Cc1cccc(Cl)c1. The van der Waals surface area contributed by atoms with Crippen LogP contribution in [0.25, 0.3) is 6.08 Å². The number of hydrogen-bond acceptors (Lipinski definition) is 3. The second kappa shape index (κ2) is 7.07. The summed E-state index contributed by atoms with van der Waals surface area (Å²) >= 11 is 9.13. The first-order chi connectivity index (χ1) is 11.0. The van der Waals surface area contributed by atoms with Crippen LogP contribution in [0, 0.1) is 3.57 Å². The molecule has 1 aliphatic rings. The van der Waals surface area contributed by atoms with Crippen molar-refractivity contribution in [3.63, 3.8) is 0 Å². The average molecular weight is 456 g/mol. The van der Waals surface area contributed by atoms with E-state index in [1.165, 1.54) is 4.90 Å². The molecule has 0 spiro atoms. The number of carbonyl (C=O) groups is 2. The van der Waals surface area contributed by atoms with Crippen molar-refractivity contribution in [3.8, 4) is 0 Å². The minimum Gasteiger partial charge on any atom is -0.268 e. The van der Waals surface area contributed by atoms with Crippen LogP contribution in [0.2, 0.25) is 5.02 Å². The molecular formula is C17H11ClINO2S. The third-order valence-corrected chi connectivity index (χ3v) is 5.13. The number of halogens is 2. The van der Waals surface area contributed by atoms with Crippen LogP contribution >= 0.6 is 46.0 Å². The van der Waals surface area contributed by atoms with Crippen LogP contribution in [0.5, 0.6) is 0 Å². The molecule has 0 bridgehead atoms. The van der Waals surface area contributed by atoms with Gasteiger partial charge in [0.1, 0.15) is 0 Å². The van der Waals surface area contributed by atoms with Crippen molar-refractivity contribution in [1.82, 2.24) is 4.90 Å². The highest BCUT2D eigenvalue weighted by Gasteiger charge is 2.34. The number of benzene rings is 2. The van der Waals surface area contributed by atoms with E-state index in [1.807, 2.05) is 30.3 Å². The molecule has 1 fully saturated rings. The van der Waals surface area contributed by atoms with Crippen LogP contribution in [0.15, 0.2) is 53.4 Å². The highest BCUT2D eigenvalue weighted by molar-refractivity contribution is 14.1. The van der Waals surface area contributed by atoms with Gasteiger partial charge in [-0.05, 0) is 75.8 Å². The lowest BCUT2D eigenvalue weighted by Gasteiger charge is -2.12. The number of hydrogen-bond donors (Lipinski definition) is 0. The quantitative estimate of drug-likeness (QED) is 0.473. The Kier molecular flexibility index (Phi) is 5.08. The van der Waals surface area contributed by atoms with Gasteiger partial charge in [-0.15, -0.1) is 0 Å². The van der Waals surface area contributed by atoms with Gasteiger partial charge in [0.15, 0.2) is 0 Å². The molecule has 2 amide bonds. The van der Waals surface area contributed by atoms with Gasteiger partial charge in [0, 0.05) is 8.59 Å². The van der Waals surface area contributed by atoms with E-state index >= 15 is 0 Å². The summed E-state index contributed by atoms with van der Waals surface area (Å²) in [6.45, 7) is 0.231. The Morgan fingerprint density at radius 1 is 1.13 bits per heavy atom. The molecule has 0 saturated carbocycles. The summed E-state index contributed by atoms with van der Waals surface area (Å²) in [7, 11) is 0. The number of imide groups is 1. The van der Waals surface area contributed by atoms with Gasteiger partial charge in [-0.25, -0.2) is 0 Å². The minimum atomic E-state index is -0.265. The summed E-state index contributed by atoms with van der Waals surface area (Å²) in [5.74, 6) is -0.265. The number of nitrogens with zero attached hydrogens (tertiary/aromatic N) is 1. The molecule has 0 aromatic heterocycles. The summed E-state index contributed by atoms with van der Waals surface area (Å²) in [5.41, 5.74) is 1.73. The fourth-order valence-electron chi connectivity index (χ4n) is 2.16. The van der Waals surface area contributed by atoms with E-state index in [1.54, 1.807) is 24.3 Å². The van der Waals surface area contributed by atoms with Crippen LogP contribution < -0.4 is 0 Å². The molecule has 6 heteroatoms. The summed E-state index contributed by atoms with van der Waals surface area (Å²) < 4.78 is 1.12. The summed E-state index contributed by atoms with van der Waals surface area (Å²) in [4.78, 5) is 26.3. The zero-order valence-corrected chi connectivity index (χ0v) is 15.6. The molecule has 3 rings (SSSR count). The van der Waals surface area contributed by atoms with E-state index in [0.717, 1.165) is 26.5 Å². The van der Waals surface area contributed by atoms with Gasteiger partial charge in [-0.2, -0.15) is 0 Å². The van der Waals surface area contributed by atoms with Crippen molar-refractivity contribution in [3.05, 3.63) is 73.2 Å². The molecule has 0 radical (unpaired) electrons. The molecule has 116 valence electrons. The lowest BCUT2D eigenvalue weighted by molar-refractivity contribution is -0.123. The van der Waals surface area contributed by atoms with E-state index in [2.05, 4.69) is 22.6 Å². The van der Waals surface area contributed by atoms with E-state index in [9.17, 15) is 9.59 Å². The Balaban J connectivity index is 1.81. The molecular weight excluding hydrogens is 445 g/mol. The smallest absolute Gasteiger partial charge is 0.268 e. The van der Waals surface area contributed by atoms with Crippen molar-refractivity contribution in [2.24, 2.45) is 0 Å². The third kappa shape index (κ3) is 3.97. The number of rotatable bonds is 3. The van der Waals surface area contributed by atoms with Crippen molar-refractivity contribution in [2.75, 3.05) is 0 Å². The highest BCUT2D eigenvalue weighted by Crippen LogP contribution is 2.33. The Morgan fingerprint density at radius 3 is 2.57 bits per heavy atom. The predicted molar refractivity (Wildman–Crippen MR) is 102 cm³/mol. The molecule has 3 nitrogen and oxygen atoms in total. The Labute approximate surface area is 156 Å².